The van der Waals surface area contributed by atoms with E-state index in [9.17, 15) is 13.2 Å². The Morgan fingerprint density at radius 2 is 1.67 bits per heavy atom. The summed E-state index contributed by atoms with van der Waals surface area (Å²) in [5.41, 5.74) is 3.09. The van der Waals surface area contributed by atoms with Gasteiger partial charge in [-0.25, -0.2) is 8.42 Å². The minimum atomic E-state index is -3.24. The van der Waals surface area contributed by atoms with Gasteiger partial charge in [-0.05, 0) is 28.8 Å². The van der Waals surface area contributed by atoms with E-state index in [1.807, 2.05) is 12.1 Å². The summed E-state index contributed by atoms with van der Waals surface area (Å²) in [7, 11) is -3.24. The fourth-order valence-electron chi connectivity index (χ4n) is 3.54. The Morgan fingerprint density at radius 1 is 1.00 bits per heavy atom. The first-order valence-corrected chi connectivity index (χ1v) is 11.5. The summed E-state index contributed by atoms with van der Waals surface area (Å²) < 4.78 is 35.3. The van der Waals surface area contributed by atoms with E-state index < -0.39 is 9.84 Å². The molecule has 0 saturated heterocycles. The van der Waals surface area contributed by atoms with Crippen LogP contribution in [-0.4, -0.2) is 19.1 Å². The van der Waals surface area contributed by atoms with Gasteiger partial charge in [-0.2, -0.15) is 0 Å². The second-order valence-corrected chi connectivity index (χ2v) is 9.57. The molecule has 0 fully saturated rings. The van der Waals surface area contributed by atoms with Crippen molar-refractivity contribution in [2.45, 2.75) is 38.1 Å². The van der Waals surface area contributed by atoms with E-state index in [0.717, 1.165) is 18.7 Å². The first kappa shape index (κ1) is 20.4. The molecule has 1 aliphatic heterocycles. The van der Waals surface area contributed by atoms with Crippen LogP contribution in [0.1, 0.15) is 29.4 Å². The van der Waals surface area contributed by atoms with E-state index >= 15 is 0 Å². The van der Waals surface area contributed by atoms with Crippen molar-refractivity contribution in [2.24, 2.45) is 0 Å². The highest BCUT2D eigenvalue weighted by molar-refractivity contribution is 7.91. The Morgan fingerprint density at radius 3 is 2.30 bits per heavy atom. The van der Waals surface area contributed by atoms with Crippen molar-refractivity contribution in [3.05, 3.63) is 93.5 Å². The molecule has 4 rings (SSSR count). The second kappa shape index (κ2) is 8.45. The van der Waals surface area contributed by atoms with Gasteiger partial charge in [0.1, 0.15) is 6.61 Å². The number of rotatable bonds is 7. The SMILES string of the molecule is CCS(=O)(=O)c1ccc(COc2c(CN3Cc4ccccc4C3)occc2=O)cc1. The van der Waals surface area contributed by atoms with Crippen LogP contribution in [0.25, 0.3) is 0 Å². The fourth-order valence-corrected chi connectivity index (χ4v) is 4.42. The molecule has 0 N–H and O–H groups in total. The molecule has 0 spiro atoms. The molecule has 1 aliphatic rings. The number of fused-ring (bicyclic) bond motifs is 1. The fraction of sp³-hybridized carbons (Fsp3) is 0.261. The van der Waals surface area contributed by atoms with Gasteiger partial charge in [-0.3, -0.25) is 9.69 Å². The topological polar surface area (TPSA) is 76.8 Å². The largest absolute Gasteiger partial charge is 0.482 e. The Bertz CT molecular complexity index is 1170. The lowest BCUT2D eigenvalue weighted by Gasteiger charge is -2.16. The number of benzene rings is 2. The number of sulfone groups is 1. The zero-order valence-electron chi connectivity index (χ0n) is 16.7. The zero-order chi connectivity index (χ0) is 21.1. The Kier molecular flexibility index (Phi) is 5.74. The third kappa shape index (κ3) is 4.32. The van der Waals surface area contributed by atoms with Gasteiger partial charge in [0, 0.05) is 19.2 Å². The summed E-state index contributed by atoms with van der Waals surface area (Å²) >= 11 is 0. The molecule has 0 amide bonds. The Balaban J connectivity index is 1.47. The van der Waals surface area contributed by atoms with Crippen LogP contribution in [0.15, 0.2) is 75.0 Å². The van der Waals surface area contributed by atoms with E-state index in [2.05, 4.69) is 17.0 Å². The quantitative estimate of drug-likeness (QED) is 0.576. The summed E-state index contributed by atoms with van der Waals surface area (Å²) in [5.74, 6) is 0.733. The predicted octanol–water partition coefficient (Wildman–Crippen LogP) is 3.53. The minimum Gasteiger partial charge on any atom is -0.482 e. The maximum absolute atomic E-state index is 12.4. The minimum absolute atomic E-state index is 0.0532. The van der Waals surface area contributed by atoms with Gasteiger partial charge in [-0.1, -0.05) is 43.3 Å². The molecule has 0 aliphatic carbocycles. The lowest BCUT2D eigenvalue weighted by Crippen LogP contribution is -2.19. The Labute approximate surface area is 175 Å². The average molecular weight is 426 g/mol. The maximum atomic E-state index is 12.4. The maximum Gasteiger partial charge on any atom is 0.227 e. The third-order valence-electron chi connectivity index (χ3n) is 5.23. The molecular formula is C23H23NO5S. The number of ether oxygens (including phenoxy) is 1. The molecule has 30 heavy (non-hydrogen) atoms. The highest BCUT2D eigenvalue weighted by atomic mass is 32.2. The van der Waals surface area contributed by atoms with E-state index in [4.69, 9.17) is 9.15 Å². The standard InChI is InChI=1S/C23H23NO5S/c1-2-30(26,27)20-9-7-17(8-10-20)16-29-23-21(25)11-12-28-22(23)15-24-13-18-5-3-4-6-19(18)14-24/h3-12H,2,13-16H2,1H3. The summed E-state index contributed by atoms with van der Waals surface area (Å²) in [5, 5.41) is 0. The van der Waals surface area contributed by atoms with Gasteiger partial charge in [0.2, 0.25) is 11.2 Å². The van der Waals surface area contributed by atoms with Crippen LogP contribution >= 0.6 is 0 Å². The zero-order valence-corrected chi connectivity index (χ0v) is 17.5. The summed E-state index contributed by atoms with van der Waals surface area (Å²) in [6, 6.07) is 16.1. The first-order chi connectivity index (χ1) is 14.5. The lowest BCUT2D eigenvalue weighted by atomic mass is 10.1. The molecule has 3 aromatic rings. The first-order valence-electron chi connectivity index (χ1n) is 9.80. The van der Waals surface area contributed by atoms with Crippen molar-refractivity contribution >= 4 is 9.84 Å². The summed E-state index contributed by atoms with van der Waals surface area (Å²) in [6.45, 7) is 3.81. The molecule has 6 nitrogen and oxygen atoms in total. The molecule has 0 saturated carbocycles. The molecule has 0 atom stereocenters. The van der Waals surface area contributed by atoms with E-state index in [1.165, 1.54) is 23.5 Å². The summed E-state index contributed by atoms with van der Waals surface area (Å²) in [4.78, 5) is 14.9. The smallest absolute Gasteiger partial charge is 0.227 e. The van der Waals surface area contributed by atoms with Crippen molar-refractivity contribution in [1.82, 2.24) is 4.90 Å². The molecule has 0 bridgehead atoms. The van der Waals surface area contributed by atoms with Gasteiger partial charge in [0.25, 0.3) is 0 Å². The molecule has 2 heterocycles. The van der Waals surface area contributed by atoms with Crippen LogP contribution in [0.2, 0.25) is 0 Å². The van der Waals surface area contributed by atoms with Gasteiger partial charge in [0.15, 0.2) is 15.6 Å². The highest BCUT2D eigenvalue weighted by Crippen LogP contribution is 2.26. The molecule has 156 valence electrons. The van der Waals surface area contributed by atoms with Gasteiger partial charge in [0.05, 0.1) is 23.5 Å². The predicted molar refractivity (Wildman–Crippen MR) is 113 cm³/mol. The van der Waals surface area contributed by atoms with E-state index in [0.29, 0.717) is 12.3 Å². The van der Waals surface area contributed by atoms with Crippen molar-refractivity contribution in [1.29, 1.82) is 0 Å². The second-order valence-electron chi connectivity index (χ2n) is 7.29. The van der Waals surface area contributed by atoms with Crippen molar-refractivity contribution in [2.75, 3.05) is 5.75 Å². The van der Waals surface area contributed by atoms with Crippen molar-refractivity contribution < 1.29 is 17.6 Å². The number of hydrogen-bond acceptors (Lipinski definition) is 6. The van der Waals surface area contributed by atoms with Crippen LogP contribution in [0.3, 0.4) is 0 Å². The van der Waals surface area contributed by atoms with E-state index in [-0.39, 0.29) is 28.4 Å². The summed E-state index contributed by atoms with van der Waals surface area (Å²) in [6.07, 6.45) is 1.39. The monoisotopic (exact) mass is 425 g/mol. The van der Waals surface area contributed by atoms with Crippen molar-refractivity contribution in [3.63, 3.8) is 0 Å². The highest BCUT2D eigenvalue weighted by Gasteiger charge is 2.22. The normalized spacial score (nSPS) is 13.9. The van der Waals surface area contributed by atoms with Gasteiger partial charge >= 0.3 is 0 Å². The molecule has 7 heteroatoms. The van der Waals surface area contributed by atoms with Crippen LogP contribution in [0.5, 0.6) is 5.75 Å². The van der Waals surface area contributed by atoms with E-state index in [1.54, 1.807) is 31.2 Å². The molecule has 1 aromatic heterocycles. The number of hydrogen-bond donors (Lipinski definition) is 0. The molecule has 2 aromatic carbocycles. The molecular weight excluding hydrogens is 402 g/mol. The van der Waals surface area contributed by atoms with Crippen LogP contribution in [-0.2, 0) is 36.1 Å². The van der Waals surface area contributed by atoms with Crippen LogP contribution in [0, 0.1) is 0 Å². The molecule has 0 radical (unpaired) electrons. The average Bonchev–Trinajstić information content (AvgIpc) is 3.16. The Hall–Kier alpha value is -2.90. The lowest BCUT2D eigenvalue weighted by molar-refractivity contribution is 0.225. The number of nitrogens with zero attached hydrogens (tertiary/aromatic N) is 1. The van der Waals surface area contributed by atoms with Crippen LogP contribution < -0.4 is 10.2 Å². The van der Waals surface area contributed by atoms with Gasteiger partial charge < -0.3 is 9.15 Å². The molecule has 0 unspecified atom stereocenters. The van der Waals surface area contributed by atoms with Gasteiger partial charge in [-0.15, -0.1) is 0 Å². The van der Waals surface area contributed by atoms with Crippen LogP contribution in [0.4, 0.5) is 0 Å². The third-order valence-corrected chi connectivity index (χ3v) is 6.98. The van der Waals surface area contributed by atoms with Crippen molar-refractivity contribution in [3.8, 4) is 5.75 Å².